The number of allylic oxidation sites excluding steroid dienone is 1. The first-order valence-electron chi connectivity index (χ1n) is 9.68. The summed E-state index contributed by atoms with van der Waals surface area (Å²) in [6.07, 6.45) is 10.2. The van der Waals surface area contributed by atoms with Gasteiger partial charge in [-0.15, -0.1) is 0 Å². The lowest BCUT2D eigenvalue weighted by molar-refractivity contribution is -0.137. The van der Waals surface area contributed by atoms with Gasteiger partial charge >= 0.3 is 5.97 Å². The maximum Gasteiger partial charge on any atom is 0.303 e. The van der Waals surface area contributed by atoms with Crippen LogP contribution in [0.3, 0.4) is 0 Å². The largest absolute Gasteiger partial charge is 0.481 e. The van der Waals surface area contributed by atoms with Crippen molar-refractivity contribution in [3.63, 3.8) is 0 Å². The van der Waals surface area contributed by atoms with E-state index >= 15 is 0 Å². The summed E-state index contributed by atoms with van der Waals surface area (Å²) in [4.78, 5) is 10.5. The molecule has 5 atom stereocenters. The van der Waals surface area contributed by atoms with Gasteiger partial charge in [-0.1, -0.05) is 44.1 Å². The number of unbranched alkanes of at least 4 members (excludes halogenated alkanes) is 3. The van der Waals surface area contributed by atoms with E-state index in [1.54, 1.807) is 6.08 Å². The third-order valence-corrected chi connectivity index (χ3v) is 4.55. The second-order valence-corrected chi connectivity index (χ2v) is 6.95. The Morgan fingerprint density at radius 3 is 2.69 bits per heavy atom. The molecule has 0 radical (unpaired) electrons. The molecule has 0 spiro atoms. The summed E-state index contributed by atoms with van der Waals surface area (Å²) in [5, 5.41) is 38.7. The minimum absolute atomic E-state index is 0.0215. The number of hydrogen-bond donors (Lipinski definition) is 4. The normalized spacial score (nSPS) is 25.9. The number of aliphatic hydroxyl groups is 3. The van der Waals surface area contributed by atoms with E-state index in [0.717, 1.165) is 12.8 Å². The van der Waals surface area contributed by atoms with Crippen LogP contribution in [-0.4, -0.2) is 56.9 Å². The quantitative estimate of drug-likeness (QED) is 0.293. The molecule has 1 aliphatic rings. The predicted molar refractivity (Wildman–Crippen MR) is 99.8 cm³/mol. The molecule has 1 aliphatic heterocycles. The zero-order valence-corrected chi connectivity index (χ0v) is 15.7. The van der Waals surface area contributed by atoms with Crippen molar-refractivity contribution in [2.75, 3.05) is 0 Å². The second-order valence-electron chi connectivity index (χ2n) is 6.95. The highest BCUT2D eigenvalue weighted by atomic mass is 16.5. The number of aliphatic carboxylic acids is 1. The van der Waals surface area contributed by atoms with Crippen molar-refractivity contribution in [2.24, 2.45) is 0 Å². The maximum absolute atomic E-state index is 10.5. The molecule has 0 aliphatic carbocycles. The fourth-order valence-electron chi connectivity index (χ4n) is 2.96. The molecule has 1 fully saturated rings. The molecule has 6 heteroatoms. The van der Waals surface area contributed by atoms with Crippen LogP contribution in [0, 0.1) is 0 Å². The first kappa shape index (κ1) is 22.8. The molecule has 4 N–H and O–H groups in total. The van der Waals surface area contributed by atoms with Crippen LogP contribution in [0.25, 0.3) is 0 Å². The monoisotopic (exact) mass is 370 g/mol. The van der Waals surface area contributed by atoms with Gasteiger partial charge in [0.25, 0.3) is 0 Å². The van der Waals surface area contributed by atoms with E-state index in [1.807, 2.05) is 6.08 Å². The van der Waals surface area contributed by atoms with Crippen molar-refractivity contribution in [2.45, 2.75) is 95.2 Å². The summed E-state index contributed by atoms with van der Waals surface area (Å²) in [7, 11) is 0. The third kappa shape index (κ3) is 9.48. The van der Waals surface area contributed by atoms with Gasteiger partial charge in [-0.3, -0.25) is 4.79 Å². The van der Waals surface area contributed by atoms with Crippen molar-refractivity contribution in [1.29, 1.82) is 0 Å². The molecule has 26 heavy (non-hydrogen) atoms. The van der Waals surface area contributed by atoms with Crippen LogP contribution < -0.4 is 0 Å². The zero-order chi connectivity index (χ0) is 19.4. The molecule has 6 nitrogen and oxygen atoms in total. The Bertz CT molecular complexity index is 448. The molecule has 0 aromatic heterocycles. The van der Waals surface area contributed by atoms with E-state index in [0.29, 0.717) is 25.7 Å². The van der Waals surface area contributed by atoms with Crippen LogP contribution in [-0.2, 0) is 9.53 Å². The molecule has 0 saturated carbocycles. The lowest BCUT2D eigenvalue weighted by Crippen LogP contribution is -2.25. The first-order chi connectivity index (χ1) is 12.4. The van der Waals surface area contributed by atoms with Crippen molar-refractivity contribution >= 4 is 5.97 Å². The lowest BCUT2D eigenvalue weighted by atomic mass is 10.0. The Hall–Kier alpha value is -1.21. The van der Waals surface area contributed by atoms with E-state index in [4.69, 9.17) is 9.84 Å². The highest BCUT2D eigenvalue weighted by molar-refractivity contribution is 5.66. The van der Waals surface area contributed by atoms with Crippen LogP contribution in [0.1, 0.15) is 64.7 Å². The third-order valence-electron chi connectivity index (χ3n) is 4.55. The molecule has 0 unspecified atom stereocenters. The molecular formula is C20H34O6. The summed E-state index contributed by atoms with van der Waals surface area (Å²) in [6.45, 7) is 2.16. The van der Waals surface area contributed by atoms with Gasteiger partial charge in [0.2, 0.25) is 0 Å². The average Bonchev–Trinajstić information content (AvgIpc) is 2.96. The number of rotatable bonds is 13. The van der Waals surface area contributed by atoms with Crippen LogP contribution in [0.15, 0.2) is 24.3 Å². The molecule has 0 bridgehead atoms. The van der Waals surface area contributed by atoms with E-state index in [1.165, 1.54) is 18.9 Å². The Kier molecular flexibility index (Phi) is 11.4. The van der Waals surface area contributed by atoms with Gasteiger partial charge in [-0.25, -0.2) is 0 Å². The smallest absolute Gasteiger partial charge is 0.303 e. The Balaban J connectivity index is 2.32. The number of carbonyl (C=O) groups is 1. The number of hydrogen-bond acceptors (Lipinski definition) is 5. The van der Waals surface area contributed by atoms with Gasteiger partial charge in [0, 0.05) is 12.8 Å². The number of ether oxygens (including phenoxy) is 1. The predicted octanol–water partition coefficient (Wildman–Crippen LogP) is 2.56. The second kappa shape index (κ2) is 13.0. The molecule has 150 valence electrons. The van der Waals surface area contributed by atoms with Crippen molar-refractivity contribution in [1.82, 2.24) is 0 Å². The Morgan fingerprint density at radius 1 is 1.23 bits per heavy atom. The summed E-state index contributed by atoms with van der Waals surface area (Å²) in [5.41, 5.74) is 0. The molecule has 1 heterocycles. The molecule has 1 saturated heterocycles. The number of carboxylic acids is 1. The highest BCUT2D eigenvalue weighted by Crippen LogP contribution is 2.25. The minimum atomic E-state index is -0.882. The highest BCUT2D eigenvalue weighted by Gasteiger charge is 2.35. The van der Waals surface area contributed by atoms with E-state index in [9.17, 15) is 20.1 Å². The average molecular weight is 370 g/mol. The van der Waals surface area contributed by atoms with Gasteiger partial charge in [0.15, 0.2) is 0 Å². The molecule has 0 aromatic carbocycles. The van der Waals surface area contributed by atoms with Gasteiger partial charge in [-0.2, -0.15) is 0 Å². The lowest BCUT2D eigenvalue weighted by Gasteiger charge is -2.16. The van der Waals surface area contributed by atoms with Gasteiger partial charge < -0.3 is 25.2 Å². The van der Waals surface area contributed by atoms with Crippen molar-refractivity contribution < 1.29 is 30.0 Å². The van der Waals surface area contributed by atoms with Crippen LogP contribution in [0.4, 0.5) is 0 Å². The summed E-state index contributed by atoms with van der Waals surface area (Å²) in [6, 6.07) is 0. The van der Waals surface area contributed by atoms with Crippen LogP contribution in [0.2, 0.25) is 0 Å². The maximum atomic E-state index is 10.5. The topological polar surface area (TPSA) is 107 Å². The fraction of sp³-hybridized carbons (Fsp3) is 0.750. The summed E-state index contributed by atoms with van der Waals surface area (Å²) < 4.78 is 5.70. The molecular weight excluding hydrogens is 336 g/mol. The first-order valence-corrected chi connectivity index (χ1v) is 9.68. The van der Waals surface area contributed by atoms with Gasteiger partial charge in [-0.05, 0) is 32.1 Å². The van der Waals surface area contributed by atoms with Crippen LogP contribution in [0.5, 0.6) is 0 Å². The number of carboxylic acid groups (broad SMARTS) is 1. The minimum Gasteiger partial charge on any atom is -0.481 e. The van der Waals surface area contributed by atoms with Crippen molar-refractivity contribution in [3.05, 3.63) is 24.3 Å². The zero-order valence-electron chi connectivity index (χ0n) is 15.7. The summed E-state index contributed by atoms with van der Waals surface area (Å²) >= 11 is 0. The van der Waals surface area contributed by atoms with Crippen LogP contribution >= 0.6 is 0 Å². The van der Waals surface area contributed by atoms with Crippen molar-refractivity contribution in [3.8, 4) is 0 Å². The summed E-state index contributed by atoms with van der Waals surface area (Å²) in [5.74, 6) is -0.882. The standard InChI is InChI=1S/C20H34O6/c1-2-3-4-5-6-7-10-16(22)19-14-17(23)18(26-19)13-12-15(21)9-8-11-20(24)25/h6-7,12-13,15-19,21-23H,2-5,8-11,14H2,1H3,(H,24,25)/b7-6-,13-12+/t15-,16-,17-,18-,19-/m0/s1. The van der Waals surface area contributed by atoms with Gasteiger partial charge in [0.1, 0.15) is 6.10 Å². The van der Waals surface area contributed by atoms with E-state index in [-0.39, 0.29) is 6.42 Å². The van der Waals surface area contributed by atoms with E-state index < -0.39 is 36.5 Å². The fourth-order valence-corrected chi connectivity index (χ4v) is 2.96. The number of aliphatic hydroxyl groups excluding tert-OH is 3. The Labute approximate surface area is 156 Å². The molecule has 1 rings (SSSR count). The Morgan fingerprint density at radius 2 is 2.00 bits per heavy atom. The SMILES string of the molecule is CCCCC/C=C\C[C@H](O)[C@@H]1C[C@H](O)[C@H](/C=C/[C@@H](O)CCCC(=O)O)O1. The van der Waals surface area contributed by atoms with Gasteiger partial charge in [0.05, 0.1) is 24.4 Å². The van der Waals surface area contributed by atoms with E-state index in [2.05, 4.69) is 13.0 Å². The molecule has 0 aromatic rings. The molecule has 0 amide bonds.